The molecule has 2 bridgehead atoms. The maximum atomic E-state index is 13.0. The predicted molar refractivity (Wildman–Crippen MR) is 82.8 cm³/mol. The van der Waals surface area contributed by atoms with Gasteiger partial charge in [-0.3, -0.25) is 4.55 Å². The van der Waals surface area contributed by atoms with E-state index < -0.39 is 40.5 Å². The highest BCUT2D eigenvalue weighted by Gasteiger charge is 2.44. The van der Waals surface area contributed by atoms with Gasteiger partial charge in [0.05, 0.1) is 17.7 Å². The second-order valence-corrected chi connectivity index (χ2v) is 7.23. The zero-order chi connectivity index (χ0) is 20.0. The summed E-state index contributed by atoms with van der Waals surface area (Å²) in [5, 5.41) is -4.52. The summed E-state index contributed by atoms with van der Waals surface area (Å²) in [6.07, 6.45) is 0. The summed E-state index contributed by atoms with van der Waals surface area (Å²) in [5.41, 5.74) is 1.65. The zero-order valence-corrected chi connectivity index (χ0v) is 14.3. The molecular formula is C15H12F2O9S. The molecule has 0 amide bonds. The van der Waals surface area contributed by atoms with Crippen LogP contribution in [0.25, 0.3) is 11.2 Å². The number of carbonyl (C=O) groups is 2. The Morgan fingerprint density at radius 2 is 2.11 bits per heavy atom. The number of carbonyl (C=O) groups excluding carboxylic acids is 2. The van der Waals surface area contributed by atoms with Crippen molar-refractivity contribution in [3.05, 3.63) is 34.9 Å². The fourth-order valence-corrected chi connectivity index (χ4v) is 2.63. The van der Waals surface area contributed by atoms with E-state index in [2.05, 4.69) is 11.3 Å². The van der Waals surface area contributed by atoms with Crippen LogP contribution >= 0.6 is 0 Å². The van der Waals surface area contributed by atoms with Gasteiger partial charge in [0.2, 0.25) is 0 Å². The molecule has 3 rings (SSSR count). The zero-order valence-electron chi connectivity index (χ0n) is 13.5. The first kappa shape index (κ1) is 19.2. The molecule has 3 heterocycles. The summed E-state index contributed by atoms with van der Waals surface area (Å²) in [4.78, 5) is 23.4. The molecular weight excluding hydrogens is 394 g/mol. The number of esters is 2. The number of alkyl halides is 2. The van der Waals surface area contributed by atoms with Crippen LogP contribution in [-0.2, 0) is 42.3 Å². The van der Waals surface area contributed by atoms with E-state index in [1.165, 1.54) is 0 Å². The second kappa shape index (κ2) is 6.55. The van der Waals surface area contributed by atoms with Crippen molar-refractivity contribution in [2.75, 3.05) is 13.2 Å². The van der Waals surface area contributed by atoms with E-state index in [9.17, 15) is 26.8 Å². The Morgan fingerprint density at radius 3 is 2.78 bits per heavy atom. The van der Waals surface area contributed by atoms with Gasteiger partial charge in [-0.2, -0.15) is 17.2 Å². The minimum Gasteiger partial charge on any atom is -0.457 e. The van der Waals surface area contributed by atoms with E-state index >= 15 is 0 Å². The highest BCUT2D eigenvalue weighted by molar-refractivity contribution is 7.86. The molecule has 0 radical (unpaired) electrons. The maximum absolute atomic E-state index is 13.0. The van der Waals surface area contributed by atoms with Crippen molar-refractivity contribution in [2.24, 2.45) is 0 Å². The van der Waals surface area contributed by atoms with Gasteiger partial charge in [0.1, 0.15) is 36.6 Å². The van der Waals surface area contributed by atoms with Gasteiger partial charge in [-0.15, -0.1) is 0 Å². The lowest BCUT2D eigenvalue weighted by atomic mass is 10.1. The Balaban J connectivity index is 1.52. The summed E-state index contributed by atoms with van der Waals surface area (Å²) < 4.78 is 74.8. The Bertz CT molecular complexity index is 1020. The van der Waals surface area contributed by atoms with Crippen molar-refractivity contribution in [1.29, 1.82) is 0 Å². The van der Waals surface area contributed by atoms with Gasteiger partial charge in [0.25, 0.3) is 0 Å². The topological polar surface area (TPSA) is 129 Å². The number of benzene rings is 1. The molecule has 0 unspecified atom stereocenters. The number of rotatable bonds is 8. The summed E-state index contributed by atoms with van der Waals surface area (Å²) in [6.45, 7) is 0.725. The lowest BCUT2D eigenvalue weighted by Gasteiger charge is -2.13. The quantitative estimate of drug-likeness (QED) is 0.395. The fraction of sp³-hybridized carbons (Fsp3) is 0.333. The highest BCUT2D eigenvalue weighted by atomic mass is 32.2. The van der Waals surface area contributed by atoms with Gasteiger partial charge in [-0.25, -0.2) is 9.59 Å². The van der Waals surface area contributed by atoms with Crippen molar-refractivity contribution in [1.82, 2.24) is 0 Å². The fourth-order valence-electron chi connectivity index (χ4n) is 2.40. The molecule has 2 aromatic heterocycles. The molecule has 27 heavy (non-hydrogen) atoms. The van der Waals surface area contributed by atoms with Gasteiger partial charge in [-0.1, -0.05) is 6.58 Å². The Kier molecular flexibility index (Phi) is 4.66. The molecule has 0 aliphatic carbocycles. The average molecular weight is 406 g/mol. The molecule has 146 valence electrons. The first-order valence-electron chi connectivity index (χ1n) is 7.32. The Morgan fingerprint density at radius 1 is 1.41 bits per heavy atom. The van der Waals surface area contributed by atoms with Crippen molar-refractivity contribution in [3.63, 3.8) is 0 Å². The number of ether oxygens (including phenoxy) is 3. The summed E-state index contributed by atoms with van der Waals surface area (Å²) >= 11 is 0. The average Bonchev–Trinajstić information content (AvgIpc) is 3.24. The molecule has 1 N–H and O–H groups in total. The van der Waals surface area contributed by atoms with Crippen LogP contribution in [0.15, 0.2) is 22.6 Å². The molecule has 1 aliphatic rings. The van der Waals surface area contributed by atoms with E-state index in [1.54, 1.807) is 6.07 Å². The molecule has 9 nitrogen and oxygen atoms in total. The Labute approximate surface area is 150 Å². The Hall–Kier alpha value is -2.57. The first-order valence-corrected chi connectivity index (χ1v) is 8.76. The standard InChI is InChI=1S/C15H12F2O9S/c1-7(3-23-6-15(16,17)27(20,21)22)13(18)24-4-8-2-10-9-5-25-14(19)11(9)12(8)26-10/h2H,1,3-6H2,(H,20,21,22). The minimum atomic E-state index is -5.63. The van der Waals surface area contributed by atoms with Crippen LogP contribution in [-0.4, -0.2) is 43.4 Å². The molecule has 1 aliphatic heterocycles. The van der Waals surface area contributed by atoms with E-state index in [-0.39, 0.29) is 29.9 Å². The van der Waals surface area contributed by atoms with Crippen molar-refractivity contribution >= 4 is 33.2 Å². The lowest BCUT2D eigenvalue weighted by molar-refractivity contribution is -0.141. The molecule has 12 heteroatoms. The number of halogens is 2. The number of furan rings is 2. The number of hydrogen-bond donors (Lipinski definition) is 1. The van der Waals surface area contributed by atoms with E-state index in [0.29, 0.717) is 16.7 Å². The van der Waals surface area contributed by atoms with E-state index in [0.717, 1.165) is 0 Å². The number of fused-ring (bicyclic) bond motifs is 5. The first-order chi connectivity index (χ1) is 12.5. The monoisotopic (exact) mass is 406 g/mol. The molecule has 0 fully saturated rings. The molecule has 0 atom stereocenters. The summed E-state index contributed by atoms with van der Waals surface area (Å²) in [7, 11) is -5.63. The van der Waals surface area contributed by atoms with Crippen molar-refractivity contribution in [2.45, 2.75) is 18.5 Å². The number of hydrogen-bond acceptors (Lipinski definition) is 8. The number of cyclic esters (lactones) is 1. The predicted octanol–water partition coefficient (Wildman–Crippen LogP) is 1.64. The molecule has 0 saturated heterocycles. The lowest BCUT2D eigenvalue weighted by Crippen LogP contribution is -2.34. The summed E-state index contributed by atoms with van der Waals surface area (Å²) in [6, 6.07) is 1.58. The van der Waals surface area contributed by atoms with Gasteiger partial charge in [0.15, 0.2) is 0 Å². The summed E-state index contributed by atoms with van der Waals surface area (Å²) in [5.74, 6) is -1.52. The van der Waals surface area contributed by atoms with Crippen LogP contribution in [0.2, 0.25) is 0 Å². The van der Waals surface area contributed by atoms with Crippen LogP contribution in [0.1, 0.15) is 21.5 Å². The molecule has 0 spiro atoms. The SMILES string of the molecule is C=C(COCC(F)(F)S(=O)(=O)O)C(=O)OCc1cc2oc1c1c2COC1=O. The molecule has 2 aromatic rings. The third kappa shape index (κ3) is 3.50. The third-order valence-corrected chi connectivity index (χ3v) is 4.63. The van der Waals surface area contributed by atoms with Gasteiger partial charge in [0, 0.05) is 5.56 Å². The largest absolute Gasteiger partial charge is 0.457 e. The molecule has 0 aromatic carbocycles. The highest BCUT2D eigenvalue weighted by Crippen LogP contribution is 2.37. The third-order valence-electron chi connectivity index (χ3n) is 3.76. The van der Waals surface area contributed by atoms with Crippen LogP contribution in [0.4, 0.5) is 8.78 Å². The maximum Gasteiger partial charge on any atom is 0.392 e. The minimum absolute atomic E-state index is 0.110. The van der Waals surface area contributed by atoms with Gasteiger partial charge in [-0.05, 0) is 6.07 Å². The van der Waals surface area contributed by atoms with E-state index in [1.807, 2.05) is 0 Å². The van der Waals surface area contributed by atoms with Crippen LogP contribution in [0.5, 0.6) is 0 Å². The van der Waals surface area contributed by atoms with E-state index in [4.69, 9.17) is 18.4 Å². The molecule has 0 saturated carbocycles. The normalized spacial score (nSPS) is 14.4. The van der Waals surface area contributed by atoms with Crippen molar-refractivity contribution < 1.29 is 50.0 Å². The van der Waals surface area contributed by atoms with Gasteiger partial charge < -0.3 is 18.6 Å². The van der Waals surface area contributed by atoms with Crippen LogP contribution in [0, 0.1) is 0 Å². The van der Waals surface area contributed by atoms with Crippen LogP contribution in [0.3, 0.4) is 0 Å². The van der Waals surface area contributed by atoms with Crippen molar-refractivity contribution in [3.8, 4) is 0 Å². The van der Waals surface area contributed by atoms with Gasteiger partial charge >= 0.3 is 27.3 Å². The smallest absolute Gasteiger partial charge is 0.392 e. The van der Waals surface area contributed by atoms with Crippen LogP contribution < -0.4 is 0 Å². The second-order valence-electron chi connectivity index (χ2n) is 5.68.